The Balaban J connectivity index is 3.53. The van der Waals surface area contributed by atoms with Gasteiger partial charge in [0.1, 0.15) is 5.56 Å². The van der Waals surface area contributed by atoms with Crippen molar-refractivity contribution in [1.82, 2.24) is 10.2 Å². The molecule has 2 N–H and O–H groups in total. The molecule has 0 atom stereocenters. The number of carboxylic acid groups (broad SMARTS) is 1. The van der Waals surface area contributed by atoms with E-state index in [1.807, 2.05) is 0 Å². The highest BCUT2D eigenvalue weighted by molar-refractivity contribution is 5.87. The Morgan fingerprint density at radius 2 is 1.72 bits per heavy atom. The molecule has 1 heterocycles. The van der Waals surface area contributed by atoms with Crippen LogP contribution in [0, 0.1) is 0 Å². The van der Waals surface area contributed by atoms with Crippen LogP contribution >= 0.6 is 0 Å². The number of aromatic amines is 1. The number of carboxylic acids is 1. The van der Waals surface area contributed by atoms with Gasteiger partial charge >= 0.3 is 24.5 Å². The van der Waals surface area contributed by atoms with Gasteiger partial charge in [0.05, 0.1) is 0 Å². The summed E-state index contributed by atoms with van der Waals surface area (Å²) >= 11 is 0. The molecule has 0 bridgehead atoms. The highest BCUT2D eigenvalue weighted by Gasteiger charge is 2.53. The van der Waals surface area contributed by atoms with Gasteiger partial charge < -0.3 is 5.11 Å². The van der Waals surface area contributed by atoms with Gasteiger partial charge in [0.15, 0.2) is 11.4 Å². The lowest BCUT2D eigenvalue weighted by atomic mass is 10.1. The van der Waals surface area contributed by atoms with Crippen molar-refractivity contribution in [3.63, 3.8) is 0 Å². The Bertz CT molecular complexity index is 465. The molecule has 0 saturated heterocycles. The Labute approximate surface area is 93.4 Å². The molecule has 0 spiro atoms. The molecular formula is C7H3F7N2O2. The first-order valence-electron chi connectivity index (χ1n) is 4.04. The van der Waals surface area contributed by atoms with E-state index >= 15 is 0 Å². The SMILES string of the molecule is O=C(O)c1[nH]nc(C(F)(F)C(F)F)c1C(F)(F)F. The number of nitrogens with one attached hydrogen (secondary N) is 1. The monoisotopic (exact) mass is 280 g/mol. The average Bonchev–Trinajstić information content (AvgIpc) is 2.60. The maximum atomic E-state index is 12.8. The number of aromatic nitrogens is 2. The molecule has 18 heavy (non-hydrogen) atoms. The lowest BCUT2D eigenvalue weighted by molar-refractivity contribution is -0.159. The van der Waals surface area contributed by atoms with E-state index < -0.39 is 41.4 Å². The fraction of sp³-hybridized carbons (Fsp3) is 0.429. The highest BCUT2D eigenvalue weighted by Crippen LogP contribution is 2.42. The summed E-state index contributed by atoms with van der Waals surface area (Å²) in [5.74, 6) is -7.46. The number of carbonyl (C=O) groups is 1. The van der Waals surface area contributed by atoms with E-state index in [2.05, 4.69) is 5.10 Å². The zero-order chi connectivity index (χ0) is 14.3. The molecule has 1 aromatic rings. The predicted molar refractivity (Wildman–Crippen MR) is 40.4 cm³/mol. The highest BCUT2D eigenvalue weighted by atomic mass is 19.4. The van der Waals surface area contributed by atoms with E-state index in [4.69, 9.17) is 5.11 Å². The second-order valence-corrected chi connectivity index (χ2v) is 3.05. The fourth-order valence-corrected chi connectivity index (χ4v) is 1.12. The molecule has 0 fully saturated rings. The van der Waals surface area contributed by atoms with Crippen LogP contribution in [0.5, 0.6) is 0 Å². The second-order valence-electron chi connectivity index (χ2n) is 3.05. The quantitative estimate of drug-likeness (QED) is 0.836. The molecule has 0 amide bonds. The zero-order valence-electron chi connectivity index (χ0n) is 8.03. The minimum Gasteiger partial charge on any atom is -0.477 e. The molecule has 1 rings (SSSR count). The van der Waals surface area contributed by atoms with Gasteiger partial charge in [-0.1, -0.05) is 0 Å². The molecule has 0 radical (unpaired) electrons. The Hall–Kier alpha value is -1.81. The fourth-order valence-electron chi connectivity index (χ4n) is 1.12. The summed E-state index contributed by atoms with van der Waals surface area (Å²) < 4.78 is 86.7. The minimum absolute atomic E-state index is 1.16. The van der Waals surface area contributed by atoms with E-state index in [0.717, 1.165) is 5.10 Å². The number of halogens is 7. The Morgan fingerprint density at radius 1 is 1.22 bits per heavy atom. The summed E-state index contributed by atoms with van der Waals surface area (Å²) in [7, 11) is 0. The summed E-state index contributed by atoms with van der Waals surface area (Å²) in [5, 5.41) is 11.8. The van der Waals surface area contributed by atoms with Crippen LogP contribution in [0.15, 0.2) is 0 Å². The van der Waals surface area contributed by atoms with E-state index in [1.54, 1.807) is 0 Å². The third kappa shape index (κ3) is 2.24. The van der Waals surface area contributed by atoms with Crippen molar-refractivity contribution in [1.29, 1.82) is 0 Å². The maximum Gasteiger partial charge on any atom is 0.420 e. The van der Waals surface area contributed by atoms with Crippen molar-refractivity contribution in [3.05, 3.63) is 17.0 Å². The lowest BCUT2D eigenvalue weighted by Gasteiger charge is -2.15. The molecule has 0 aromatic carbocycles. The summed E-state index contributed by atoms with van der Waals surface area (Å²) in [6.45, 7) is 0. The zero-order valence-corrected chi connectivity index (χ0v) is 8.03. The van der Waals surface area contributed by atoms with Gasteiger partial charge in [-0.15, -0.1) is 0 Å². The van der Waals surface area contributed by atoms with Crippen molar-refractivity contribution >= 4 is 5.97 Å². The first-order valence-corrected chi connectivity index (χ1v) is 4.04. The predicted octanol–water partition coefficient (Wildman–Crippen LogP) is 2.48. The van der Waals surface area contributed by atoms with E-state index in [9.17, 15) is 35.5 Å². The molecule has 0 aliphatic rings. The van der Waals surface area contributed by atoms with Crippen LogP contribution in [-0.4, -0.2) is 27.7 Å². The van der Waals surface area contributed by atoms with Crippen LogP contribution in [0.1, 0.15) is 21.7 Å². The van der Waals surface area contributed by atoms with E-state index in [1.165, 1.54) is 0 Å². The number of hydrogen-bond donors (Lipinski definition) is 2. The smallest absolute Gasteiger partial charge is 0.420 e. The molecule has 11 heteroatoms. The molecule has 0 saturated carbocycles. The van der Waals surface area contributed by atoms with Crippen LogP contribution in [-0.2, 0) is 12.1 Å². The summed E-state index contributed by atoms with van der Waals surface area (Å²) in [4.78, 5) is 10.4. The van der Waals surface area contributed by atoms with Gasteiger partial charge in [0, 0.05) is 0 Å². The van der Waals surface area contributed by atoms with Gasteiger partial charge in [-0.2, -0.15) is 27.1 Å². The maximum absolute atomic E-state index is 12.8. The first-order chi connectivity index (χ1) is 7.99. The number of rotatable bonds is 3. The molecule has 0 unspecified atom stereocenters. The minimum atomic E-state index is -5.56. The van der Waals surface area contributed by atoms with Gasteiger partial charge in [0.2, 0.25) is 0 Å². The van der Waals surface area contributed by atoms with Gasteiger partial charge in [-0.25, -0.2) is 13.6 Å². The standard InChI is InChI=1S/C7H3F7N2O2/c8-5(9)6(10,11)3-1(7(12,13)14)2(4(17)18)15-16-3/h5H,(H,15,16)(H,17,18). The largest absolute Gasteiger partial charge is 0.477 e. The summed E-state index contributed by atoms with van der Waals surface area (Å²) in [6.07, 6.45) is -10.0. The lowest BCUT2D eigenvalue weighted by Crippen LogP contribution is -2.28. The van der Waals surface area contributed by atoms with E-state index in [0.29, 0.717) is 0 Å². The molecule has 102 valence electrons. The summed E-state index contributed by atoms with van der Waals surface area (Å²) in [5.41, 5.74) is -6.49. The second kappa shape index (κ2) is 4.14. The van der Waals surface area contributed by atoms with Crippen molar-refractivity contribution in [3.8, 4) is 0 Å². The molecule has 4 nitrogen and oxygen atoms in total. The van der Waals surface area contributed by atoms with Crippen molar-refractivity contribution in [2.75, 3.05) is 0 Å². The van der Waals surface area contributed by atoms with Crippen LogP contribution in [0.25, 0.3) is 0 Å². The Kier molecular flexibility index (Phi) is 3.28. The van der Waals surface area contributed by atoms with Crippen LogP contribution in [0.2, 0.25) is 0 Å². The van der Waals surface area contributed by atoms with Crippen LogP contribution in [0.4, 0.5) is 30.7 Å². The summed E-state index contributed by atoms with van der Waals surface area (Å²) in [6, 6.07) is 0. The van der Waals surface area contributed by atoms with Gasteiger partial charge in [-0.3, -0.25) is 5.10 Å². The van der Waals surface area contributed by atoms with Crippen molar-refractivity contribution < 1.29 is 40.6 Å². The van der Waals surface area contributed by atoms with Crippen molar-refractivity contribution in [2.45, 2.75) is 18.5 Å². The van der Waals surface area contributed by atoms with Crippen LogP contribution in [0.3, 0.4) is 0 Å². The number of aromatic carboxylic acids is 1. The average molecular weight is 280 g/mol. The third-order valence-corrected chi connectivity index (χ3v) is 1.85. The normalized spacial score (nSPS) is 13.1. The molecule has 0 aliphatic heterocycles. The van der Waals surface area contributed by atoms with E-state index in [-0.39, 0.29) is 0 Å². The third-order valence-electron chi connectivity index (χ3n) is 1.85. The van der Waals surface area contributed by atoms with Crippen LogP contribution < -0.4 is 0 Å². The number of alkyl halides is 7. The van der Waals surface area contributed by atoms with Gasteiger partial charge in [0.25, 0.3) is 0 Å². The number of H-pyrrole nitrogens is 1. The Morgan fingerprint density at radius 3 is 2.06 bits per heavy atom. The molecule has 0 aliphatic carbocycles. The number of nitrogens with zero attached hydrogens (tertiary/aromatic N) is 1. The topological polar surface area (TPSA) is 66.0 Å². The first kappa shape index (κ1) is 14.3. The number of hydrogen-bond acceptors (Lipinski definition) is 2. The van der Waals surface area contributed by atoms with Gasteiger partial charge in [-0.05, 0) is 0 Å². The molecular weight excluding hydrogens is 277 g/mol. The molecule has 1 aromatic heterocycles. The van der Waals surface area contributed by atoms with Crippen molar-refractivity contribution in [2.24, 2.45) is 0 Å².